The van der Waals surface area contributed by atoms with Crippen molar-refractivity contribution in [1.82, 2.24) is 19.7 Å². The highest BCUT2D eigenvalue weighted by molar-refractivity contribution is 5.88. The van der Waals surface area contributed by atoms with Crippen molar-refractivity contribution in [3.8, 4) is 17.2 Å². The van der Waals surface area contributed by atoms with E-state index < -0.39 is 0 Å². The van der Waals surface area contributed by atoms with Crippen molar-refractivity contribution in [2.24, 2.45) is 5.10 Å². The Kier molecular flexibility index (Phi) is 4.36. The highest BCUT2D eigenvalue weighted by Crippen LogP contribution is 2.25. The fraction of sp³-hybridized carbons (Fsp3) is 0.0526. The van der Waals surface area contributed by atoms with Crippen LogP contribution < -0.4 is 10.2 Å². The molecule has 4 rings (SSSR count). The van der Waals surface area contributed by atoms with E-state index in [2.05, 4.69) is 25.6 Å². The number of fused-ring (bicyclic) bond motifs is 1. The summed E-state index contributed by atoms with van der Waals surface area (Å²) in [6.07, 6.45) is 4.73. The molecule has 0 aliphatic carbocycles. The molecule has 0 radical (unpaired) electrons. The number of aromatic hydroxyl groups is 1. The molecule has 27 heavy (non-hydrogen) atoms. The topological polar surface area (TPSA) is 97.5 Å². The lowest BCUT2D eigenvalue weighted by atomic mass is 10.2. The largest absolute Gasteiger partial charge is 0.504 e. The molecule has 0 atom stereocenters. The lowest BCUT2D eigenvalue weighted by Crippen LogP contribution is -1.99. The van der Waals surface area contributed by atoms with Crippen molar-refractivity contribution >= 4 is 23.1 Å². The molecule has 0 aliphatic heterocycles. The Morgan fingerprint density at radius 2 is 2.00 bits per heavy atom. The maximum atomic E-state index is 9.82. The van der Waals surface area contributed by atoms with Crippen LogP contribution in [0.2, 0.25) is 0 Å². The SMILES string of the molecule is COc1ccc(/C=N/Nc2ncnc3c2cnn3-c2ccccc2)cc1O. The molecule has 2 aromatic carbocycles. The minimum Gasteiger partial charge on any atom is -0.504 e. The Balaban J connectivity index is 1.60. The van der Waals surface area contributed by atoms with Crippen molar-refractivity contribution in [3.63, 3.8) is 0 Å². The number of benzene rings is 2. The van der Waals surface area contributed by atoms with E-state index in [1.54, 1.807) is 35.3 Å². The summed E-state index contributed by atoms with van der Waals surface area (Å²) in [5.41, 5.74) is 5.20. The van der Waals surface area contributed by atoms with Gasteiger partial charge in [0.05, 0.1) is 30.6 Å². The maximum Gasteiger partial charge on any atom is 0.168 e. The minimum atomic E-state index is 0.0509. The monoisotopic (exact) mass is 360 g/mol. The number of nitrogens with zero attached hydrogens (tertiary/aromatic N) is 5. The lowest BCUT2D eigenvalue weighted by molar-refractivity contribution is 0.373. The Morgan fingerprint density at radius 3 is 2.78 bits per heavy atom. The van der Waals surface area contributed by atoms with E-state index in [1.165, 1.54) is 13.4 Å². The van der Waals surface area contributed by atoms with Gasteiger partial charge in [-0.05, 0) is 35.9 Å². The normalized spacial score (nSPS) is 11.1. The molecule has 134 valence electrons. The molecule has 8 nitrogen and oxygen atoms in total. The van der Waals surface area contributed by atoms with Gasteiger partial charge in [0.1, 0.15) is 6.33 Å². The molecule has 0 saturated heterocycles. The van der Waals surface area contributed by atoms with Gasteiger partial charge in [0.25, 0.3) is 0 Å². The van der Waals surface area contributed by atoms with E-state index >= 15 is 0 Å². The van der Waals surface area contributed by atoms with Crippen molar-refractivity contribution in [2.45, 2.75) is 0 Å². The second kappa shape index (κ2) is 7.12. The molecule has 0 aliphatic rings. The van der Waals surface area contributed by atoms with Crippen molar-refractivity contribution in [3.05, 3.63) is 66.6 Å². The first-order valence-electron chi connectivity index (χ1n) is 8.16. The van der Waals surface area contributed by atoms with Crippen molar-refractivity contribution in [2.75, 3.05) is 12.5 Å². The molecule has 0 saturated carbocycles. The van der Waals surface area contributed by atoms with E-state index in [4.69, 9.17) is 4.74 Å². The summed E-state index contributed by atoms with van der Waals surface area (Å²) in [4.78, 5) is 8.56. The van der Waals surface area contributed by atoms with Crippen molar-refractivity contribution < 1.29 is 9.84 Å². The Labute approximate surface area is 154 Å². The zero-order valence-electron chi connectivity index (χ0n) is 14.4. The van der Waals surface area contributed by atoms with Gasteiger partial charge in [-0.2, -0.15) is 10.2 Å². The fourth-order valence-corrected chi connectivity index (χ4v) is 2.65. The van der Waals surface area contributed by atoms with Crippen LogP contribution in [-0.4, -0.2) is 38.2 Å². The number of methoxy groups -OCH3 is 1. The first-order chi connectivity index (χ1) is 13.3. The molecule has 0 fully saturated rings. The summed E-state index contributed by atoms with van der Waals surface area (Å²) < 4.78 is 6.77. The molecule has 0 bridgehead atoms. The molecular weight excluding hydrogens is 344 g/mol. The molecule has 8 heteroatoms. The molecule has 0 spiro atoms. The first kappa shape index (κ1) is 16.5. The van der Waals surface area contributed by atoms with Crippen LogP contribution in [0.1, 0.15) is 5.56 Å². The number of phenols is 1. The number of ether oxygens (including phenoxy) is 1. The molecule has 2 heterocycles. The van der Waals surface area contributed by atoms with Gasteiger partial charge in [-0.3, -0.25) is 5.43 Å². The van der Waals surface area contributed by atoms with Crippen LogP contribution in [0.25, 0.3) is 16.7 Å². The fourth-order valence-electron chi connectivity index (χ4n) is 2.65. The van der Waals surface area contributed by atoms with E-state index in [0.717, 1.165) is 11.1 Å². The van der Waals surface area contributed by atoms with Crippen LogP contribution in [0.3, 0.4) is 0 Å². The predicted molar refractivity (Wildman–Crippen MR) is 103 cm³/mol. The number of nitrogens with one attached hydrogen (secondary N) is 1. The number of hydrazone groups is 1. The lowest BCUT2D eigenvalue weighted by Gasteiger charge is -2.04. The third-order valence-corrected chi connectivity index (χ3v) is 3.95. The van der Waals surface area contributed by atoms with Crippen LogP contribution in [-0.2, 0) is 0 Å². The predicted octanol–water partition coefficient (Wildman–Crippen LogP) is 2.98. The summed E-state index contributed by atoms with van der Waals surface area (Å²) >= 11 is 0. The Hall–Kier alpha value is -3.94. The van der Waals surface area contributed by atoms with E-state index in [-0.39, 0.29) is 5.75 Å². The second-order valence-corrected chi connectivity index (χ2v) is 5.65. The molecular formula is C19H16N6O2. The van der Waals surface area contributed by atoms with Crippen molar-refractivity contribution in [1.29, 1.82) is 0 Å². The van der Waals surface area contributed by atoms with Gasteiger partial charge < -0.3 is 9.84 Å². The van der Waals surface area contributed by atoms with Gasteiger partial charge in [-0.1, -0.05) is 18.2 Å². The number of phenolic OH excluding ortho intramolecular Hbond substituents is 1. The number of hydrogen-bond donors (Lipinski definition) is 2. The van der Waals surface area contributed by atoms with E-state index in [0.29, 0.717) is 22.8 Å². The molecule has 0 amide bonds. The molecule has 0 unspecified atom stereocenters. The van der Waals surface area contributed by atoms with E-state index in [9.17, 15) is 5.11 Å². The zero-order chi connectivity index (χ0) is 18.6. The van der Waals surface area contributed by atoms with Crippen LogP contribution in [0.5, 0.6) is 11.5 Å². The summed E-state index contributed by atoms with van der Waals surface area (Å²) in [6.45, 7) is 0. The zero-order valence-corrected chi connectivity index (χ0v) is 14.4. The summed E-state index contributed by atoms with van der Waals surface area (Å²) in [5, 5.41) is 19.2. The van der Waals surface area contributed by atoms with Gasteiger partial charge in [-0.25, -0.2) is 14.6 Å². The van der Waals surface area contributed by atoms with Gasteiger partial charge in [0.2, 0.25) is 0 Å². The molecule has 4 aromatic rings. The Morgan fingerprint density at radius 1 is 1.15 bits per heavy atom. The number of aromatic nitrogens is 4. The van der Waals surface area contributed by atoms with Crippen LogP contribution in [0, 0.1) is 0 Å². The average Bonchev–Trinajstić information content (AvgIpc) is 3.14. The third-order valence-electron chi connectivity index (χ3n) is 3.95. The summed E-state index contributed by atoms with van der Waals surface area (Å²) in [6, 6.07) is 14.8. The van der Waals surface area contributed by atoms with Crippen LogP contribution in [0.15, 0.2) is 66.2 Å². The first-order valence-corrected chi connectivity index (χ1v) is 8.16. The van der Waals surface area contributed by atoms with Gasteiger partial charge in [0.15, 0.2) is 23.0 Å². The number of para-hydroxylation sites is 1. The number of anilines is 1. The summed E-state index contributed by atoms with van der Waals surface area (Å²) in [5.74, 6) is 0.997. The van der Waals surface area contributed by atoms with Gasteiger partial charge in [0, 0.05) is 0 Å². The minimum absolute atomic E-state index is 0.0509. The standard InChI is InChI=1S/C19H16N6O2/c1-27-17-8-7-13(9-16(17)26)10-22-24-18-15-11-23-25(19(15)21-12-20-18)14-5-3-2-4-6-14/h2-12,26H,1H3,(H,20,21,24)/b22-10+. The third kappa shape index (κ3) is 3.28. The van der Waals surface area contributed by atoms with E-state index in [1.807, 2.05) is 30.3 Å². The summed E-state index contributed by atoms with van der Waals surface area (Å²) in [7, 11) is 1.50. The highest BCUT2D eigenvalue weighted by Gasteiger charge is 2.10. The van der Waals surface area contributed by atoms with Crippen LogP contribution in [0.4, 0.5) is 5.82 Å². The molecule has 2 N–H and O–H groups in total. The van der Waals surface area contributed by atoms with Gasteiger partial charge >= 0.3 is 0 Å². The number of rotatable bonds is 5. The highest BCUT2D eigenvalue weighted by atomic mass is 16.5. The maximum absolute atomic E-state index is 9.82. The number of hydrogen-bond acceptors (Lipinski definition) is 7. The Bertz CT molecular complexity index is 1110. The molecule has 2 aromatic heterocycles. The smallest absolute Gasteiger partial charge is 0.168 e. The second-order valence-electron chi connectivity index (χ2n) is 5.65. The average molecular weight is 360 g/mol. The quantitative estimate of drug-likeness (QED) is 0.419. The van der Waals surface area contributed by atoms with Gasteiger partial charge in [-0.15, -0.1) is 0 Å². The van der Waals surface area contributed by atoms with Crippen LogP contribution >= 0.6 is 0 Å².